The fraction of sp³-hybridized carbons (Fsp3) is 0.111. The van der Waals surface area contributed by atoms with Gasteiger partial charge in [-0.25, -0.2) is 4.98 Å². The van der Waals surface area contributed by atoms with Gasteiger partial charge in [-0.15, -0.1) is 11.3 Å². The summed E-state index contributed by atoms with van der Waals surface area (Å²) in [6.45, 7) is 1.89. The maximum atomic E-state index is 12.5. The molecule has 0 bridgehead atoms. The minimum Gasteiger partial charge on any atom is -0.496 e. The zero-order valence-corrected chi connectivity index (χ0v) is 16.1. The number of hydrogen-bond donors (Lipinski definition) is 1. The second-order valence-electron chi connectivity index (χ2n) is 5.89. The first-order chi connectivity index (χ1) is 13.8. The van der Waals surface area contributed by atoms with E-state index in [1.165, 1.54) is 0 Å². The molecule has 10 nitrogen and oxygen atoms in total. The number of hydrogen-bond acceptors (Lipinski definition) is 8. The number of ether oxygens (including phenoxy) is 1. The molecule has 2 aromatic carbocycles. The molecule has 0 saturated heterocycles. The highest BCUT2D eigenvalue weighted by molar-refractivity contribution is 7.14. The Kier molecular flexibility index (Phi) is 5.50. The highest BCUT2D eigenvalue weighted by Crippen LogP contribution is 2.30. The standard InChI is InChI=1S/C18H14N4O6S/c1-10-7-11(3-6-16(10)28-2)14-9-29-18(19-14)20-17(23)13-5-4-12(21(24)25)8-15(13)22(26)27/h3-9H,1-2H3,(H,19,20,23). The number of methoxy groups -OCH3 is 1. The van der Waals surface area contributed by atoms with Crippen LogP contribution in [0.2, 0.25) is 0 Å². The normalized spacial score (nSPS) is 10.4. The number of benzene rings is 2. The number of carbonyl (C=O) groups is 1. The summed E-state index contributed by atoms with van der Waals surface area (Å²) in [4.78, 5) is 37.2. The smallest absolute Gasteiger partial charge is 0.289 e. The lowest BCUT2D eigenvalue weighted by Gasteiger charge is -2.05. The molecule has 0 aliphatic carbocycles. The molecule has 1 aromatic heterocycles. The molecule has 1 N–H and O–H groups in total. The van der Waals surface area contributed by atoms with Crippen LogP contribution in [0.1, 0.15) is 15.9 Å². The second-order valence-corrected chi connectivity index (χ2v) is 6.75. The number of nitrogens with one attached hydrogen (secondary N) is 1. The van der Waals surface area contributed by atoms with Crippen molar-refractivity contribution in [2.24, 2.45) is 0 Å². The van der Waals surface area contributed by atoms with Crippen molar-refractivity contribution in [3.63, 3.8) is 0 Å². The van der Waals surface area contributed by atoms with Gasteiger partial charge in [0.25, 0.3) is 17.3 Å². The summed E-state index contributed by atoms with van der Waals surface area (Å²) in [5.74, 6) is -0.0404. The Morgan fingerprint density at radius 2 is 1.90 bits per heavy atom. The number of thiazole rings is 1. The summed E-state index contributed by atoms with van der Waals surface area (Å²) >= 11 is 1.15. The quantitative estimate of drug-likeness (QED) is 0.471. The second kappa shape index (κ2) is 8.02. The van der Waals surface area contributed by atoms with E-state index in [9.17, 15) is 25.0 Å². The first kappa shape index (κ1) is 19.9. The Morgan fingerprint density at radius 1 is 1.14 bits per heavy atom. The molecule has 0 fully saturated rings. The van der Waals surface area contributed by atoms with Crippen LogP contribution in [0.3, 0.4) is 0 Å². The summed E-state index contributed by atoms with van der Waals surface area (Å²) in [5, 5.41) is 26.5. The number of amides is 1. The van der Waals surface area contributed by atoms with Crippen molar-refractivity contribution in [1.82, 2.24) is 4.98 Å². The van der Waals surface area contributed by atoms with Crippen LogP contribution in [0.4, 0.5) is 16.5 Å². The number of nitro groups is 2. The number of aryl methyl sites for hydroxylation is 1. The van der Waals surface area contributed by atoms with Crippen LogP contribution >= 0.6 is 11.3 Å². The number of rotatable bonds is 6. The van der Waals surface area contributed by atoms with Gasteiger partial charge in [0, 0.05) is 17.0 Å². The molecule has 3 aromatic rings. The van der Waals surface area contributed by atoms with Gasteiger partial charge in [-0.3, -0.25) is 30.3 Å². The van der Waals surface area contributed by atoms with Crippen LogP contribution < -0.4 is 10.1 Å². The van der Waals surface area contributed by atoms with Crippen LogP contribution in [0.15, 0.2) is 41.8 Å². The molecule has 0 aliphatic heterocycles. The highest BCUT2D eigenvalue weighted by atomic mass is 32.1. The Morgan fingerprint density at radius 3 is 2.52 bits per heavy atom. The lowest BCUT2D eigenvalue weighted by atomic mass is 10.1. The zero-order chi connectivity index (χ0) is 21.1. The van der Waals surface area contributed by atoms with Gasteiger partial charge in [0.2, 0.25) is 0 Å². The van der Waals surface area contributed by atoms with Crippen molar-refractivity contribution in [1.29, 1.82) is 0 Å². The monoisotopic (exact) mass is 414 g/mol. The summed E-state index contributed by atoms with van der Waals surface area (Å²) in [5.41, 5.74) is 0.942. The van der Waals surface area contributed by atoms with Crippen molar-refractivity contribution < 1.29 is 19.4 Å². The molecule has 29 heavy (non-hydrogen) atoms. The van der Waals surface area contributed by atoms with Crippen molar-refractivity contribution in [2.75, 3.05) is 12.4 Å². The minimum absolute atomic E-state index is 0.242. The van der Waals surface area contributed by atoms with E-state index in [1.807, 2.05) is 25.1 Å². The predicted octanol–water partition coefficient (Wildman–Crippen LogP) is 4.20. The van der Waals surface area contributed by atoms with Crippen LogP contribution in [-0.4, -0.2) is 27.8 Å². The van der Waals surface area contributed by atoms with Crippen LogP contribution in [0.5, 0.6) is 5.75 Å². The van der Waals surface area contributed by atoms with Crippen LogP contribution in [0, 0.1) is 27.2 Å². The molecule has 0 atom stereocenters. The molecular formula is C18H14N4O6S. The SMILES string of the molecule is COc1ccc(-c2csc(NC(=O)c3ccc([N+](=O)[O-])cc3[N+](=O)[O-])n2)cc1C. The summed E-state index contributed by atoms with van der Waals surface area (Å²) in [6.07, 6.45) is 0. The maximum Gasteiger partial charge on any atom is 0.289 e. The van der Waals surface area contributed by atoms with Gasteiger partial charge in [-0.2, -0.15) is 0 Å². The predicted molar refractivity (Wildman–Crippen MR) is 107 cm³/mol. The Labute approximate surface area is 168 Å². The van der Waals surface area contributed by atoms with Crippen molar-refractivity contribution in [3.05, 3.63) is 73.1 Å². The van der Waals surface area contributed by atoms with Gasteiger partial charge in [0.1, 0.15) is 11.3 Å². The topological polar surface area (TPSA) is 138 Å². The molecule has 0 unspecified atom stereocenters. The van der Waals surface area contributed by atoms with Crippen molar-refractivity contribution in [2.45, 2.75) is 6.92 Å². The van der Waals surface area contributed by atoms with E-state index in [0.29, 0.717) is 5.69 Å². The molecule has 11 heteroatoms. The Bertz CT molecular complexity index is 1130. The van der Waals surface area contributed by atoms with Crippen molar-refractivity contribution >= 4 is 33.8 Å². The van der Waals surface area contributed by atoms with E-state index in [4.69, 9.17) is 4.74 Å². The summed E-state index contributed by atoms with van der Waals surface area (Å²) in [7, 11) is 1.58. The lowest BCUT2D eigenvalue weighted by molar-refractivity contribution is -0.394. The number of aromatic nitrogens is 1. The van der Waals surface area contributed by atoms with Gasteiger partial charge in [0.05, 0.1) is 28.7 Å². The highest BCUT2D eigenvalue weighted by Gasteiger charge is 2.24. The molecule has 0 saturated carbocycles. The zero-order valence-electron chi connectivity index (χ0n) is 15.2. The minimum atomic E-state index is -0.838. The van der Waals surface area contributed by atoms with E-state index >= 15 is 0 Å². The number of nitro benzene ring substituents is 2. The van der Waals surface area contributed by atoms with E-state index in [1.54, 1.807) is 12.5 Å². The summed E-state index contributed by atoms with van der Waals surface area (Å²) < 4.78 is 5.22. The van der Waals surface area contributed by atoms with Crippen LogP contribution in [-0.2, 0) is 0 Å². The molecule has 0 radical (unpaired) electrons. The number of non-ortho nitro benzene ring substituents is 1. The fourth-order valence-corrected chi connectivity index (χ4v) is 3.36. The third-order valence-corrected chi connectivity index (χ3v) is 4.81. The molecule has 1 amide bonds. The number of nitrogens with zero attached hydrogens (tertiary/aromatic N) is 3. The number of anilines is 1. The lowest BCUT2D eigenvalue weighted by Crippen LogP contribution is -2.14. The molecule has 3 rings (SSSR count). The van der Waals surface area contributed by atoms with E-state index < -0.39 is 27.1 Å². The molecule has 148 valence electrons. The molecule has 0 spiro atoms. The van der Waals surface area contributed by atoms with Gasteiger partial charge in [-0.1, -0.05) is 0 Å². The molecule has 1 heterocycles. The first-order valence-corrected chi connectivity index (χ1v) is 9.03. The van der Waals surface area contributed by atoms with Crippen molar-refractivity contribution in [3.8, 4) is 17.0 Å². The van der Waals surface area contributed by atoms with Gasteiger partial charge >= 0.3 is 0 Å². The average Bonchev–Trinajstić information content (AvgIpc) is 3.15. The van der Waals surface area contributed by atoms with E-state index in [-0.39, 0.29) is 10.7 Å². The van der Waals surface area contributed by atoms with Gasteiger partial charge in [-0.05, 0) is 36.8 Å². The summed E-state index contributed by atoms with van der Waals surface area (Å²) in [6, 6.07) is 8.36. The molecular weight excluding hydrogens is 400 g/mol. The first-order valence-electron chi connectivity index (χ1n) is 8.15. The largest absolute Gasteiger partial charge is 0.496 e. The average molecular weight is 414 g/mol. The number of carbonyl (C=O) groups excluding carboxylic acids is 1. The third-order valence-electron chi connectivity index (χ3n) is 4.05. The van der Waals surface area contributed by atoms with Gasteiger partial charge < -0.3 is 4.74 Å². The maximum absolute atomic E-state index is 12.5. The third kappa shape index (κ3) is 4.19. The van der Waals surface area contributed by atoms with E-state index in [2.05, 4.69) is 10.3 Å². The fourth-order valence-electron chi connectivity index (χ4n) is 2.64. The Balaban J connectivity index is 1.85. The molecule has 0 aliphatic rings. The Hall–Kier alpha value is -3.86. The van der Waals surface area contributed by atoms with E-state index in [0.717, 1.165) is 46.4 Å². The van der Waals surface area contributed by atoms with Gasteiger partial charge in [0.15, 0.2) is 5.13 Å². The van der Waals surface area contributed by atoms with Crippen LogP contribution in [0.25, 0.3) is 11.3 Å².